The lowest BCUT2D eigenvalue weighted by Crippen LogP contribution is -2.25. The molecule has 1 aromatic heterocycles. The van der Waals surface area contributed by atoms with Crippen LogP contribution >= 0.6 is 11.6 Å². The molecule has 2 aliphatic rings. The van der Waals surface area contributed by atoms with Crippen LogP contribution in [0.3, 0.4) is 0 Å². The molecular weight excluding hydrogens is 227 g/mol. The molecule has 2 nitrogen and oxygen atoms in total. The van der Waals surface area contributed by atoms with Crippen LogP contribution in [0.4, 0.5) is 10.2 Å². The van der Waals surface area contributed by atoms with Crippen LogP contribution in [0.15, 0.2) is 12.3 Å². The van der Waals surface area contributed by atoms with E-state index in [0.29, 0.717) is 16.9 Å². The van der Waals surface area contributed by atoms with Crippen molar-refractivity contribution in [1.82, 2.24) is 4.98 Å². The average molecular weight is 241 g/mol. The van der Waals surface area contributed by atoms with Crippen molar-refractivity contribution in [3.05, 3.63) is 23.1 Å². The molecule has 1 heterocycles. The number of anilines is 1. The van der Waals surface area contributed by atoms with Crippen molar-refractivity contribution in [3.63, 3.8) is 0 Å². The second-order valence-electron chi connectivity index (χ2n) is 4.83. The first-order valence-corrected chi connectivity index (χ1v) is 6.19. The third kappa shape index (κ3) is 2.14. The Hall–Kier alpha value is -0.830. The van der Waals surface area contributed by atoms with Gasteiger partial charge in [0.05, 0.1) is 5.02 Å². The van der Waals surface area contributed by atoms with E-state index >= 15 is 0 Å². The van der Waals surface area contributed by atoms with Crippen molar-refractivity contribution >= 4 is 17.4 Å². The molecule has 0 unspecified atom stereocenters. The lowest BCUT2D eigenvalue weighted by atomic mass is 10.1. The summed E-state index contributed by atoms with van der Waals surface area (Å²) >= 11 is 5.67. The zero-order chi connectivity index (χ0) is 11.1. The lowest BCUT2D eigenvalue weighted by molar-refractivity contribution is 0.553. The van der Waals surface area contributed by atoms with Gasteiger partial charge in [-0.1, -0.05) is 11.6 Å². The van der Waals surface area contributed by atoms with E-state index in [1.807, 2.05) is 0 Å². The van der Waals surface area contributed by atoms with Crippen LogP contribution in [-0.4, -0.2) is 11.0 Å². The molecule has 0 bridgehead atoms. The van der Waals surface area contributed by atoms with Gasteiger partial charge in [0.15, 0.2) is 11.6 Å². The van der Waals surface area contributed by atoms with E-state index in [-0.39, 0.29) is 5.82 Å². The molecule has 3 rings (SSSR count). The Kier molecular flexibility index (Phi) is 2.51. The predicted molar refractivity (Wildman–Crippen MR) is 62.1 cm³/mol. The minimum Gasteiger partial charge on any atom is -0.364 e. The van der Waals surface area contributed by atoms with Crippen molar-refractivity contribution in [2.75, 3.05) is 5.32 Å². The maximum absolute atomic E-state index is 13.6. The standard InChI is InChI=1S/C12H14ClFN2/c13-9-5-10(14)12(15-6-9)16-11(7-1-2-7)8-3-4-8/h5-8,11H,1-4H2,(H,15,16). The third-order valence-electron chi connectivity index (χ3n) is 3.37. The number of pyridine rings is 1. The van der Waals surface area contributed by atoms with Gasteiger partial charge in [-0.25, -0.2) is 9.37 Å². The van der Waals surface area contributed by atoms with Crippen molar-refractivity contribution < 1.29 is 4.39 Å². The third-order valence-corrected chi connectivity index (χ3v) is 3.58. The first-order chi connectivity index (χ1) is 7.74. The molecule has 86 valence electrons. The molecule has 2 fully saturated rings. The van der Waals surface area contributed by atoms with Crippen molar-refractivity contribution in [2.45, 2.75) is 31.7 Å². The Bertz CT molecular complexity index is 390. The van der Waals surface area contributed by atoms with E-state index in [9.17, 15) is 4.39 Å². The van der Waals surface area contributed by atoms with Gasteiger partial charge in [-0.3, -0.25) is 0 Å². The molecule has 1 N–H and O–H groups in total. The highest BCUT2D eigenvalue weighted by molar-refractivity contribution is 6.30. The van der Waals surface area contributed by atoms with E-state index < -0.39 is 0 Å². The average Bonchev–Trinajstić information content (AvgIpc) is 3.11. The number of nitrogens with one attached hydrogen (secondary N) is 1. The highest BCUT2D eigenvalue weighted by Gasteiger charge is 2.41. The number of nitrogens with zero attached hydrogens (tertiary/aromatic N) is 1. The number of aromatic nitrogens is 1. The van der Waals surface area contributed by atoms with Crippen LogP contribution in [0.25, 0.3) is 0 Å². The smallest absolute Gasteiger partial charge is 0.166 e. The maximum Gasteiger partial charge on any atom is 0.166 e. The zero-order valence-corrected chi connectivity index (χ0v) is 9.67. The van der Waals surface area contributed by atoms with Crippen LogP contribution in [0.1, 0.15) is 25.7 Å². The normalized spacial score (nSPS) is 20.2. The lowest BCUT2D eigenvalue weighted by Gasteiger charge is -2.18. The molecular formula is C12H14ClFN2. The van der Waals surface area contributed by atoms with Crippen LogP contribution in [0.2, 0.25) is 5.02 Å². The van der Waals surface area contributed by atoms with Crippen LogP contribution in [-0.2, 0) is 0 Å². The summed E-state index contributed by atoms with van der Waals surface area (Å²) in [4.78, 5) is 4.02. The summed E-state index contributed by atoms with van der Waals surface area (Å²) in [6.45, 7) is 0. The summed E-state index contributed by atoms with van der Waals surface area (Å²) < 4.78 is 13.6. The molecule has 2 aliphatic carbocycles. The van der Waals surface area contributed by atoms with E-state index in [1.165, 1.54) is 37.9 Å². The highest BCUT2D eigenvalue weighted by atomic mass is 35.5. The largest absolute Gasteiger partial charge is 0.364 e. The van der Waals surface area contributed by atoms with Gasteiger partial charge >= 0.3 is 0 Å². The van der Waals surface area contributed by atoms with Crippen molar-refractivity contribution in [2.24, 2.45) is 11.8 Å². The molecule has 0 aromatic carbocycles. The molecule has 0 radical (unpaired) electrons. The van der Waals surface area contributed by atoms with Crippen LogP contribution in [0.5, 0.6) is 0 Å². The summed E-state index contributed by atoms with van der Waals surface area (Å²) in [5.41, 5.74) is 0. The Labute approximate surface area is 99.2 Å². The highest BCUT2D eigenvalue weighted by Crippen LogP contribution is 2.45. The first kappa shape index (κ1) is 10.3. The molecule has 0 amide bonds. The van der Waals surface area contributed by atoms with E-state index in [1.54, 1.807) is 0 Å². The van der Waals surface area contributed by atoms with Gasteiger partial charge in [0.1, 0.15) is 0 Å². The fraction of sp³-hybridized carbons (Fsp3) is 0.583. The second-order valence-corrected chi connectivity index (χ2v) is 5.27. The molecule has 0 atom stereocenters. The second kappa shape index (κ2) is 3.88. The number of hydrogen-bond acceptors (Lipinski definition) is 2. The van der Waals surface area contributed by atoms with Gasteiger partial charge in [0.2, 0.25) is 0 Å². The Morgan fingerprint density at radius 3 is 2.44 bits per heavy atom. The summed E-state index contributed by atoms with van der Waals surface area (Å²) in [6.07, 6.45) is 6.56. The predicted octanol–water partition coefficient (Wildman–Crippen LogP) is 3.47. The molecule has 1 aromatic rings. The van der Waals surface area contributed by atoms with E-state index in [4.69, 9.17) is 11.6 Å². The minimum absolute atomic E-state index is 0.345. The monoisotopic (exact) mass is 240 g/mol. The fourth-order valence-corrected chi connectivity index (χ4v) is 2.35. The van der Waals surface area contributed by atoms with Gasteiger partial charge in [-0.15, -0.1) is 0 Å². The number of halogens is 2. The Morgan fingerprint density at radius 2 is 1.94 bits per heavy atom. The topological polar surface area (TPSA) is 24.9 Å². The SMILES string of the molecule is Fc1cc(Cl)cnc1NC(C1CC1)C1CC1. The molecule has 16 heavy (non-hydrogen) atoms. The van der Waals surface area contributed by atoms with Crippen LogP contribution in [0, 0.1) is 17.7 Å². The fourth-order valence-electron chi connectivity index (χ4n) is 2.21. The summed E-state index contributed by atoms with van der Waals surface area (Å²) in [5, 5.41) is 3.60. The zero-order valence-electron chi connectivity index (χ0n) is 8.92. The first-order valence-electron chi connectivity index (χ1n) is 5.81. The number of hydrogen-bond donors (Lipinski definition) is 1. The molecule has 0 spiro atoms. The molecule has 2 saturated carbocycles. The number of rotatable bonds is 4. The van der Waals surface area contributed by atoms with Gasteiger partial charge in [0.25, 0.3) is 0 Å². The van der Waals surface area contributed by atoms with Crippen molar-refractivity contribution in [3.8, 4) is 0 Å². The Morgan fingerprint density at radius 1 is 1.31 bits per heavy atom. The van der Waals surface area contributed by atoms with Crippen molar-refractivity contribution in [1.29, 1.82) is 0 Å². The molecule has 0 saturated heterocycles. The summed E-state index contributed by atoms with van der Waals surface area (Å²) in [7, 11) is 0. The summed E-state index contributed by atoms with van der Waals surface area (Å²) in [5.74, 6) is 1.46. The Balaban J connectivity index is 1.76. The summed E-state index contributed by atoms with van der Waals surface area (Å²) in [6, 6.07) is 1.73. The van der Waals surface area contributed by atoms with Gasteiger partial charge in [-0.05, 0) is 43.6 Å². The van der Waals surface area contributed by atoms with Gasteiger partial charge in [-0.2, -0.15) is 0 Å². The molecule has 0 aliphatic heterocycles. The van der Waals surface area contributed by atoms with Gasteiger partial charge < -0.3 is 5.32 Å². The van der Waals surface area contributed by atoms with Gasteiger partial charge in [0, 0.05) is 12.2 Å². The maximum atomic E-state index is 13.6. The minimum atomic E-state index is -0.348. The van der Waals surface area contributed by atoms with E-state index in [2.05, 4.69) is 10.3 Å². The van der Waals surface area contributed by atoms with Crippen LogP contribution < -0.4 is 5.32 Å². The molecule has 4 heteroatoms. The quantitative estimate of drug-likeness (QED) is 0.872. The van der Waals surface area contributed by atoms with E-state index in [0.717, 1.165) is 11.8 Å².